The van der Waals surface area contributed by atoms with Crippen molar-refractivity contribution in [3.05, 3.63) is 64.7 Å². The van der Waals surface area contributed by atoms with Crippen LogP contribution < -0.4 is 4.74 Å². The molecule has 2 heterocycles. The summed E-state index contributed by atoms with van der Waals surface area (Å²) in [6.45, 7) is 2.51. The molecule has 3 aromatic rings. The van der Waals surface area contributed by atoms with Crippen LogP contribution in [0.5, 0.6) is 5.75 Å². The average molecular weight is 317 g/mol. The maximum atomic E-state index is 5.74. The Bertz CT molecular complexity index is 707. The van der Waals surface area contributed by atoms with Crippen molar-refractivity contribution in [2.75, 3.05) is 0 Å². The molecule has 3 rings (SSSR count). The van der Waals surface area contributed by atoms with Crippen LogP contribution >= 0.6 is 15.9 Å². The first-order chi connectivity index (χ1) is 9.24. The molecule has 0 N–H and O–H groups in total. The Hall–Kier alpha value is -1.81. The van der Waals surface area contributed by atoms with E-state index in [9.17, 15) is 0 Å². The molecule has 0 saturated carbocycles. The van der Waals surface area contributed by atoms with Gasteiger partial charge in [-0.15, -0.1) is 0 Å². The number of para-hydroxylation sites is 1. The number of hydrogen-bond acceptors (Lipinski definition) is 2. The van der Waals surface area contributed by atoms with Crippen LogP contribution in [-0.2, 0) is 6.61 Å². The van der Waals surface area contributed by atoms with Crippen molar-refractivity contribution in [3.63, 3.8) is 0 Å². The number of halogens is 1. The second kappa shape index (κ2) is 5.05. The molecule has 0 bridgehead atoms. The van der Waals surface area contributed by atoms with Gasteiger partial charge >= 0.3 is 0 Å². The Balaban J connectivity index is 1.89. The summed E-state index contributed by atoms with van der Waals surface area (Å²) in [6, 6.07) is 13.9. The van der Waals surface area contributed by atoms with Gasteiger partial charge in [-0.05, 0) is 52.7 Å². The highest BCUT2D eigenvalue weighted by Gasteiger charge is 2.09. The van der Waals surface area contributed by atoms with Gasteiger partial charge in [0.05, 0.1) is 5.52 Å². The van der Waals surface area contributed by atoms with Gasteiger partial charge in [-0.2, -0.15) is 0 Å². The van der Waals surface area contributed by atoms with Crippen LogP contribution in [0, 0.1) is 6.92 Å². The standard InChI is InChI=1S/C15H13BrN2O/c1-11-7-8-18-13(9-11)15(16)17-14(18)10-19-12-5-3-2-4-6-12/h2-9H,10H2,1H3. The molecule has 0 radical (unpaired) electrons. The Morgan fingerprint density at radius 3 is 2.79 bits per heavy atom. The van der Waals surface area contributed by atoms with Gasteiger partial charge in [0.25, 0.3) is 0 Å². The molecule has 4 heteroatoms. The molecular weight excluding hydrogens is 304 g/mol. The van der Waals surface area contributed by atoms with Crippen LogP contribution in [0.2, 0.25) is 0 Å². The fourth-order valence-electron chi connectivity index (χ4n) is 1.98. The second-order valence-corrected chi connectivity index (χ2v) is 5.13. The minimum Gasteiger partial charge on any atom is -0.486 e. The van der Waals surface area contributed by atoms with E-state index in [-0.39, 0.29) is 0 Å². The minimum absolute atomic E-state index is 0.444. The van der Waals surface area contributed by atoms with Crippen LogP contribution in [0.15, 0.2) is 53.3 Å². The van der Waals surface area contributed by atoms with E-state index in [1.165, 1.54) is 5.56 Å². The van der Waals surface area contributed by atoms with Gasteiger partial charge in [0.15, 0.2) is 5.82 Å². The largest absolute Gasteiger partial charge is 0.486 e. The minimum atomic E-state index is 0.444. The summed E-state index contributed by atoms with van der Waals surface area (Å²) in [5, 5.41) is 0. The molecule has 2 aromatic heterocycles. The van der Waals surface area contributed by atoms with E-state index in [1.807, 2.05) is 40.9 Å². The summed E-state index contributed by atoms with van der Waals surface area (Å²) in [5.74, 6) is 1.73. The normalized spacial score (nSPS) is 10.8. The van der Waals surface area contributed by atoms with Gasteiger partial charge < -0.3 is 4.74 Å². The second-order valence-electron chi connectivity index (χ2n) is 4.38. The zero-order chi connectivity index (χ0) is 13.2. The predicted octanol–water partition coefficient (Wildman–Crippen LogP) is 3.98. The summed E-state index contributed by atoms with van der Waals surface area (Å²) in [6.07, 6.45) is 2.02. The lowest BCUT2D eigenvalue weighted by atomic mass is 10.3. The fourth-order valence-corrected chi connectivity index (χ4v) is 2.49. The third-order valence-corrected chi connectivity index (χ3v) is 3.52. The number of imidazole rings is 1. The topological polar surface area (TPSA) is 26.5 Å². The Morgan fingerprint density at radius 1 is 1.21 bits per heavy atom. The van der Waals surface area contributed by atoms with Crippen molar-refractivity contribution in [1.29, 1.82) is 0 Å². The van der Waals surface area contributed by atoms with Crippen molar-refractivity contribution in [3.8, 4) is 5.75 Å². The van der Waals surface area contributed by atoms with Gasteiger partial charge in [-0.3, -0.25) is 4.40 Å². The lowest BCUT2D eigenvalue weighted by molar-refractivity contribution is 0.295. The first kappa shape index (κ1) is 12.2. The Kier molecular flexibility index (Phi) is 3.25. The molecule has 0 amide bonds. The van der Waals surface area contributed by atoms with Crippen molar-refractivity contribution >= 4 is 21.4 Å². The summed E-state index contributed by atoms with van der Waals surface area (Å²) in [7, 11) is 0. The average Bonchev–Trinajstić information content (AvgIpc) is 2.74. The van der Waals surface area contributed by atoms with Crippen LogP contribution in [0.3, 0.4) is 0 Å². The number of benzene rings is 1. The highest BCUT2D eigenvalue weighted by Crippen LogP contribution is 2.21. The number of pyridine rings is 1. The number of rotatable bonds is 3. The van der Waals surface area contributed by atoms with Crippen molar-refractivity contribution in [2.45, 2.75) is 13.5 Å². The lowest BCUT2D eigenvalue weighted by Crippen LogP contribution is -2.01. The van der Waals surface area contributed by atoms with E-state index in [2.05, 4.69) is 40.0 Å². The number of aromatic nitrogens is 2. The molecule has 0 atom stereocenters. The summed E-state index contributed by atoms with van der Waals surface area (Å²) < 4.78 is 8.63. The number of fused-ring (bicyclic) bond motifs is 1. The van der Waals surface area contributed by atoms with E-state index in [0.29, 0.717) is 6.61 Å². The molecule has 0 unspecified atom stereocenters. The Labute approximate surface area is 120 Å². The van der Waals surface area contributed by atoms with E-state index in [0.717, 1.165) is 21.7 Å². The Morgan fingerprint density at radius 2 is 2.00 bits per heavy atom. The zero-order valence-electron chi connectivity index (χ0n) is 10.5. The van der Waals surface area contributed by atoms with Gasteiger partial charge in [-0.1, -0.05) is 18.2 Å². The summed E-state index contributed by atoms with van der Waals surface area (Å²) in [5.41, 5.74) is 2.27. The smallest absolute Gasteiger partial charge is 0.152 e. The van der Waals surface area contributed by atoms with Gasteiger partial charge in [0.2, 0.25) is 0 Å². The molecule has 0 saturated heterocycles. The van der Waals surface area contributed by atoms with E-state index >= 15 is 0 Å². The zero-order valence-corrected chi connectivity index (χ0v) is 12.1. The quantitative estimate of drug-likeness (QED) is 0.730. The molecular formula is C15H13BrN2O. The van der Waals surface area contributed by atoms with Crippen LogP contribution in [0.25, 0.3) is 5.52 Å². The van der Waals surface area contributed by atoms with Crippen LogP contribution in [-0.4, -0.2) is 9.38 Å². The van der Waals surface area contributed by atoms with Gasteiger partial charge in [-0.25, -0.2) is 4.98 Å². The SMILES string of the molecule is Cc1ccn2c(COc3ccccc3)nc(Br)c2c1. The molecule has 0 aliphatic heterocycles. The number of hydrogen-bond donors (Lipinski definition) is 0. The molecule has 1 aromatic carbocycles. The highest BCUT2D eigenvalue weighted by molar-refractivity contribution is 9.10. The van der Waals surface area contributed by atoms with Crippen LogP contribution in [0.1, 0.15) is 11.4 Å². The van der Waals surface area contributed by atoms with E-state index in [4.69, 9.17) is 4.74 Å². The highest BCUT2D eigenvalue weighted by atomic mass is 79.9. The maximum Gasteiger partial charge on any atom is 0.152 e. The first-order valence-corrected chi connectivity index (χ1v) is 6.84. The molecule has 19 heavy (non-hydrogen) atoms. The predicted molar refractivity (Wildman–Crippen MR) is 78.4 cm³/mol. The molecule has 96 valence electrons. The molecule has 0 fully saturated rings. The molecule has 0 spiro atoms. The molecule has 0 aliphatic rings. The third kappa shape index (κ3) is 2.49. The number of aryl methyl sites for hydroxylation is 1. The first-order valence-electron chi connectivity index (χ1n) is 6.05. The summed E-state index contributed by atoms with van der Waals surface area (Å²) >= 11 is 3.49. The van der Waals surface area contributed by atoms with E-state index in [1.54, 1.807) is 0 Å². The van der Waals surface area contributed by atoms with E-state index < -0.39 is 0 Å². The monoisotopic (exact) mass is 316 g/mol. The van der Waals surface area contributed by atoms with Crippen molar-refractivity contribution in [2.24, 2.45) is 0 Å². The molecule has 3 nitrogen and oxygen atoms in total. The lowest BCUT2D eigenvalue weighted by Gasteiger charge is -2.05. The number of ether oxygens (including phenoxy) is 1. The number of nitrogens with zero attached hydrogens (tertiary/aromatic N) is 2. The summed E-state index contributed by atoms with van der Waals surface area (Å²) in [4.78, 5) is 4.50. The fraction of sp³-hybridized carbons (Fsp3) is 0.133. The van der Waals surface area contributed by atoms with Gasteiger partial charge in [0, 0.05) is 6.20 Å². The van der Waals surface area contributed by atoms with Crippen molar-refractivity contribution < 1.29 is 4.74 Å². The third-order valence-electron chi connectivity index (χ3n) is 2.94. The van der Waals surface area contributed by atoms with Gasteiger partial charge in [0.1, 0.15) is 17.0 Å². The molecule has 0 aliphatic carbocycles. The van der Waals surface area contributed by atoms with Crippen LogP contribution in [0.4, 0.5) is 0 Å². The maximum absolute atomic E-state index is 5.74. The van der Waals surface area contributed by atoms with Crippen molar-refractivity contribution in [1.82, 2.24) is 9.38 Å².